The monoisotopic (exact) mass is 285 g/mol. The highest BCUT2D eigenvalue weighted by Crippen LogP contribution is 2.46. The van der Waals surface area contributed by atoms with Crippen LogP contribution in [0.2, 0.25) is 0 Å². The summed E-state index contributed by atoms with van der Waals surface area (Å²) in [6, 6.07) is 0. The van der Waals surface area contributed by atoms with Gasteiger partial charge in [-0.3, -0.25) is 5.09 Å². The molecule has 2 nitrogen and oxygen atoms in total. The fourth-order valence-electron chi connectivity index (χ4n) is 3.07. The Kier molecular flexibility index (Phi) is 8.21. The van der Waals surface area contributed by atoms with E-state index >= 15 is 0 Å². The quantitative estimate of drug-likeness (QED) is 0.477. The molecule has 0 aromatic rings. The topological polar surface area (TPSA) is 21.3 Å². The third kappa shape index (κ3) is 5.94. The molecule has 1 fully saturated rings. The summed E-state index contributed by atoms with van der Waals surface area (Å²) in [5.41, 5.74) is 0.622. The molecule has 0 aromatic heterocycles. The predicted octanol–water partition coefficient (Wildman–Crippen LogP) is 4.96. The first-order valence-electron chi connectivity index (χ1n) is 7.82. The maximum Gasteiger partial charge on any atom is 0.105 e. The van der Waals surface area contributed by atoms with E-state index in [9.17, 15) is 0 Å². The average molecular weight is 285 g/mol. The number of hydrogen-bond acceptors (Lipinski definition) is 2. The Morgan fingerprint density at radius 3 is 2.26 bits per heavy atom. The second-order valence-corrected chi connectivity index (χ2v) is 8.22. The van der Waals surface area contributed by atoms with Gasteiger partial charge in [0, 0.05) is 12.2 Å². The summed E-state index contributed by atoms with van der Waals surface area (Å²) < 4.78 is 6.32. The average Bonchev–Trinajstić information content (AvgIpc) is 2.84. The summed E-state index contributed by atoms with van der Waals surface area (Å²) in [4.78, 5) is 0. The Balaban J connectivity index is 2.54. The zero-order valence-corrected chi connectivity index (χ0v) is 14.1. The van der Waals surface area contributed by atoms with Crippen LogP contribution in [0.4, 0.5) is 0 Å². The van der Waals surface area contributed by atoms with Crippen molar-refractivity contribution >= 4 is 8.30 Å². The lowest BCUT2D eigenvalue weighted by Crippen LogP contribution is -2.28. The molecule has 0 heterocycles. The van der Waals surface area contributed by atoms with Crippen molar-refractivity contribution in [1.82, 2.24) is 5.09 Å². The van der Waals surface area contributed by atoms with E-state index in [1.807, 2.05) is 6.08 Å². The van der Waals surface area contributed by atoms with Gasteiger partial charge in [0.15, 0.2) is 0 Å². The zero-order valence-electron chi connectivity index (χ0n) is 13.2. The van der Waals surface area contributed by atoms with Gasteiger partial charge < -0.3 is 4.52 Å². The van der Waals surface area contributed by atoms with Crippen LogP contribution in [0.15, 0.2) is 12.7 Å². The van der Waals surface area contributed by atoms with E-state index in [2.05, 4.69) is 39.4 Å². The first kappa shape index (κ1) is 17.1. The van der Waals surface area contributed by atoms with Crippen molar-refractivity contribution in [3.8, 4) is 0 Å². The van der Waals surface area contributed by atoms with Crippen LogP contribution < -0.4 is 5.09 Å². The maximum atomic E-state index is 6.32. The van der Waals surface area contributed by atoms with Crippen molar-refractivity contribution in [3.05, 3.63) is 12.7 Å². The van der Waals surface area contributed by atoms with Gasteiger partial charge in [-0.2, -0.15) is 0 Å². The van der Waals surface area contributed by atoms with E-state index in [-0.39, 0.29) is 0 Å². The second-order valence-electron chi connectivity index (χ2n) is 6.40. The molecule has 0 amide bonds. The van der Waals surface area contributed by atoms with Crippen LogP contribution in [-0.4, -0.2) is 18.8 Å². The van der Waals surface area contributed by atoms with Gasteiger partial charge in [0.1, 0.15) is 8.30 Å². The van der Waals surface area contributed by atoms with Gasteiger partial charge in [0.05, 0.1) is 6.61 Å². The molecule has 0 spiro atoms. The molecule has 1 unspecified atom stereocenters. The summed E-state index contributed by atoms with van der Waals surface area (Å²) >= 11 is 0. The van der Waals surface area contributed by atoms with E-state index in [1.54, 1.807) is 0 Å². The molecule has 0 radical (unpaired) electrons. The van der Waals surface area contributed by atoms with E-state index in [0.29, 0.717) is 17.5 Å². The first-order chi connectivity index (χ1) is 9.06. The standard InChI is InChI=1S/C16H32NOP/c1-6-11-17-19(16(13(2)3)14(4)5)18-12-15-9-7-8-10-15/h6,13-17H,1,7-12H2,2-5H3. The lowest BCUT2D eigenvalue weighted by Gasteiger charge is -2.33. The molecule has 0 bridgehead atoms. The van der Waals surface area contributed by atoms with E-state index in [1.165, 1.54) is 25.7 Å². The van der Waals surface area contributed by atoms with Crippen LogP contribution in [0.1, 0.15) is 53.4 Å². The third-order valence-electron chi connectivity index (χ3n) is 3.95. The molecule has 112 valence electrons. The van der Waals surface area contributed by atoms with E-state index < -0.39 is 8.30 Å². The Hall–Kier alpha value is 0.0900. The molecule has 1 aliphatic rings. The summed E-state index contributed by atoms with van der Waals surface area (Å²) in [6.07, 6.45) is 7.44. The highest BCUT2D eigenvalue weighted by atomic mass is 31.2. The van der Waals surface area contributed by atoms with Crippen molar-refractivity contribution in [2.45, 2.75) is 59.0 Å². The lowest BCUT2D eigenvalue weighted by atomic mass is 10.00. The maximum absolute atomic E-state index is 6.32. The minimum absolute atomic E-state index is 0.546. The molecule has 1 N–H and O–H groups in total. The van der Waals surface area contributed by atoms with Crippen molar-refractivity contribution in [3.63, 3.8) is 0 Å². The summed E-state index contributed by atoms with van der Waals surface area (Å²) in [5, 5.41) is 3.58. The Morgan fingerprint density at radius 2 is 1.79 bits per heavy atom. The Bertz CT molecular complexity index is 241. The minimum atomic E-state index is -0.546. The Labute approximate surface area is 121 Å². The largest absolute Gasteiger partial charge is 0.343 e. The van der Waals surface area contributed by atoms with Crippen LogP contribution in [0.3, 0.4) is 0 Å². The van der Waals surface area contributed by atoms with Crippen LogP contribution in [0.25, 0.3) is 0 Å². The molecule has 3 heteroatoms. The van der Waals surface area contributed by atoms with Crippen molar-refractivity contribution in [2.75, 3.05) is 13.2 Å². The van der Waals surface area contributed by atoms with Gasteiger partial charge in [-0.05, 0) is 30.6 Å². The molecule has 1 atom stereocenters. The fraction of sp³-hybridized carbons (Fsp3) is 0.875. The van der Waals surface area contributed by atoms with Gasteiger partial charge >= 0.3 is 0 Å². The molecule has 19 heavy (non-hydrogen) atoms. The zero-order chi connectivity index (χ0) is 14.3. The highest BCUT2D eigenvalue weighted by Gasteiger charge is 2.29. The third-order valence-corrected chi connectivity index (χ3v) is 6.61. The van der Waals surface area contributed by atoms with Gasteiger partial charge in [-0.25, -0.2) is 0 Å². The van der Waals surface area contributed by atoms with Crippen molar-refractivity contribution in [2.24, 2.45) is 17.8 Å². The van der Waals surface area contributed by atoms with Crippen LogP contribution in [0.5, 0.6) is 0 Å². The van der Waals surface area contributed by atoms with Gasteiger partial charge in [-0.15, -0.1) is 6.58 Å². The van der Waals surface area contributed by atoms with E-state index in [0.717, 1.165) is 19.1 Å². The molecular weight excluding hydrogens is 253 g/mol. The molecule has 1 saturated carbocycles. The molecule has 0 aromatic carbocycles. The normalized spacial score (nSPS) is 18.7. The van der Waals surface area contributed by atoms with Crippen molar-refractivity contribution < 1.29 is 4.52 Å². The number of nitrogens with one attached hydrogen (secondary N) is 1. The predicted molar refractivity (Wildman–Crippen MR) is 86.5 cm³/mol. The number of hydrogen-bond donors (Lipinski definition) is 1. The fourth-order valence-corrected chi connectivity index (χ4v) is 5.30. The first-order valence-corrected chi connectivity index (χ1v) is 9.15. The van der Waals surface area contributed by atoms with Gasteiger partial charge in [0.2, 0.25) is 0 Å². The molecular formula is C16H32NOP. The van der Waals surface area contributed by atoms with Gasteiger partial charge in [-0.1, -0.05) is 46.6 Å². The van der Waals surface area contributed by atoms with Crippen LogP contribution in [0, 0.1) is 17.8 Å². The smallest absolute Gasteiger partial charge is 0.105 e. The molecule has 1 rings (SSSR count). The highest BCUT2D eigenvalue weighted by molar-refractivity contribution is 7.51. The SMILES string of the molecule is C=CCNP(OCC1CCCC1)C(C(C)C)C(C)C. The van der Waals surface area contributed by atoms with Crippen LogP contribution >= 0.6 is 8.30 Å². The molecule has 0 aliphatic heterocycles. The van der Waals surface area contributed by atoms with E-state index in [4.69, 9.17) is 4.52 Å². The summed E-state index contributed by atoms with van der Waals surface area (Å²) in [7, 11) is -0.546. The summed E-state index contributed by atoms with van der Waals surface area (Å²) in [6.45, 7) is 14.9. The Morgan fingerprint density at radius 1 is 1.21 bits per heavy atom. The lowest BCUT2D eigenvalue weighted by molar-refractivity contribution is 0.261. The molecule has 1 aliphatic carbocycles. The van der Waals surface area contributed by atoms with Crippen molar-refractivity contribution in [1.29, 1.82) is 0 Å². The summed E-state index contributed by atoms with van der Waals surface area (Å²) in [5.74, 6) is 2.12. The van der Waals surface area contributed by atoms with Gasteiger partial charge in [0.25, 0.3) is 0 Å². The second kappa shape index (κ2) is 9.10. The minimum Gasteiger partial charge on any atom is -0.343 e. The van der Waals surface area contributed by atoms with Crippen LogP contribution in [-0.2, 0) is 4.52 Å². The number of rotatable bonds is 9. The molecule has 0 saturated heterocycles.